The van der Waals surface area contributed by atoms with Gasteiger partial charge < -0.3 is 5.11 Å². The van der Waals surface area contributed by atoms with Crippen molar-refractivity contribution >= 4 is 17.4 Å². The monoisotopic (exact) mass is 293 g/mol. The van der Waals surface area contributed by atoms with Gasteiger partial charge in [0.15, 0.2) is 0 Å². The summed E-state index contributed by atoms with van der Waals surface area (Å²) < 4.78 is 13.2. The maximum atomic E-state index is 13.2. The van der Waals surface area contributed by atoms with E-state index in [1.807, 2.05) is 0 Å². The van der Waals surface area contributed by atoms with Gasteiger partial charge >= 0.3 is 0 Å². The topological polar surface area (TPSA) is 63.4 Å². The van der Waals surface area contributed by atoms with Crippen LogP contribution in [0.15, 0.2) is 52.3 Å². The molecule has 4 nitrogen and oxygen atoms in total. The predicted octanol–water partition coefficient (Wildman–Crippen LogP) is 3.94. The summed E-state index contributed by atoms with van der Waals surface area (Å²) in [5.74, 6) is -0.451. The minimum atomic E-state index is -0.851. The van der Waals surface area contributed by atoms with Gasteiger partial charge in [-0.2, -0.15) is 0 Å². The van der Waals surface area contributed by atoms with Gasteiger partial charge in [0.1, 0.15) is 5.82 Å². The van der Waals surface area contributed by atoms with E-state index in [1.165, 1.54) is 31.2 Å². The Morgan fingerprint density at radius 3 is 2.60 bits per heavy atom. The molecule has 2 aromatic rings. The maximum Gasteiger partial charge on any atom is 0.283 e. The third kappa shape index (κ3) is 3.15. The van der Waals surface area contributed by atoms with Gasteiger partial charge in [-0.05, 0) is 36.8 Å². The van der Waals surface area contributed by atoms with Crippen LogP contribution in [-0.2, 0) is 0 Å². The van der Waals surface area contributed by atoms with Gasteiger partial charge in [0, 0.05) is 11.0 Å². The van der Waals surface area contributed by atoms with E-state index in [2.05, 4.69) is 0 Å². The van der Waals surface area contributed by atoms with E-state index in [1.54, 1.807) is 18.2 Å². The molecule has 0 spiro atoms. The molecule has 0 saturated heterocycles. The number of nitrogens with zero attached hydrogens (tertiary/aromatic N) is 1. The fourth-order valence-corrected chi connectivity index (χ4v) is 2.87. The highest BCUT2D eigenvalue weighted by atomic mass is 32.2. The molecule has 0 saturated carbocycles. The van der Waals surface area contributed by atoms with Crippen molar-refractivity contribution in [2.45, 2.75) is 22.8 Å². The van der Waals surface area contributed by atoms with Crippen molar-refractivity contribution in [1.82, 2.24) is 0 Å². The smallest absolute Gasteiger partial charge is 0.283 e. The molecule has 6 heteroatoms. The molecule has 20 heavy (non-hydrogen) atoms. The number of para-hydroxylation sites is 1. The third-order valence-electron chi connectivity index (χ3n) is 2.70. The molecular weight excluding hydrogens is 281 g/mol. The molecule has 0 aliphatic carbocycles. The van der Waals surface area contributed by atoms with Crippen molar-refractivity contribution in [2.24, 2.45) is 0 Å². The van der Waals surface area contributed by atoms with Crippen LogP contribution in [-0.4, -0.2) is 10.0 Å². The molecule has 1 N–H and O–H groups in total. The number of hydrogen-bond acceptors (Lipinski definition) is 4. The molecule has 0 aliphatic heterocycles. The summed E-state index contributed by atoms with van der Waals surface area (Å²) >= 11 is 1.14. The first-order valence-electron chi connectivity index (χ1n) is 5.88. The average molecular weight is 293 g/mol. The lowest BCUT2D eigenvalue weighted by molar-refractivity contribution is -0.387. The predicted molar refractivity (Wildman–Crippen MR) is 74.3 cm³/mol. The van der Waals surface area contributed by atoms with E-state index in [4.69, 9.17) is 0 Å². The summed E-state index contributed by atoms with van der Waals surface area (Å²) in [6.07, 6.45) is -0.851. The molecule has 1 atom stereocenters. The first-order chi connectivity index (χ1) is 9.49. The van der Waals surface area contributed by atoms with Crippen molar-refractivity contribution in [3.05, 3.63) is 64.0 Å². The first-order valence-corrected chi connectivity index (χ1v) is 6.69. The Kier molecular flexibility index (Phi) is 4.36. The highest BCUT2D eigenvalue weighted by Gasteiger charge is 2.17. The summed E-state index contributed by atoms with van der Waals surface area (Å²) in [5.41, 5.74) is 0.395. The van der Waals surface area contributed by atoms with E-state index in [-0.39, 0.29) is 5.69 Å². The second-order valence-electron chi connectivity index (χ2n) is 4.19. The number of nitro groups is 1. The van der Waals surface area contributed by atoms with Gasteiger partial charge in [0.05, 0.1) is 15.9 Å². The van der Waals surface area contributed by atoms with Crippen LogP contribution < -0.4 is 0 Å². The molecule has 2 aromatic carbocycles. The quantitative estimate of drug-likeness (QED) is 0.685. The van der Waals surface area contributed by atoms with Crippen LogP contribution in [0.25, 0.3) is 0 Å². The van der Waals surface area contributed by atoms with Crippen molar-refractivity contribution in [2.75, 3.05) is 0 Å². The second-order valence-corrected chi connectivity index (χ2v) is 5.27. The SMILES string of the molecule is C[C@H](O)c1cc(F)ccc1Sc1ccccc1[N+](=O)[O-]. The Bertz CT molecular complexity index is 646. The second kappa shape index (κ2) is 6.02. The lowest BCUT2D eigenvalue weighted by Gasteiger charge is -2.11. The largest absolute Gasteiger partial charge is 0.389 e. The molecule has 0 radical (unpaired) electrons. The fraction of sp³-hybridized carbons (Fsp3) is 0.143. The molecule has 0 aromatic heterocycles. The van der Waals surface area contributed by atoms with Gasteiger partial charge in [-0.1, -0.05) is 23.9 Å². The lowest BCUT2D eigenvalue weighted by Crippen LogP contribution is -1.96. The van der Waals surface area contributed by atoms with Crippen LogP contribution >= 0.6 is 11.8 Å². The molecule has 104 valence electrons. The van der Waals surface area contributed by atoms with Crippen LogP contribution in [0.1, 0.15) is 18.6 Å². The highest BCUT2D eigenvalue weighted by Crippen LogP contribution is 2.38. The minimum Gasteiger partial charge on any atom is -0.389 e. The Morgan fingerprint density at radius 2 is 1.95 bits per heavy atom. The van der Waals surface area contributed by atoms with Crippen molar-refractivity contribution in [3.8, 4) is 0 Å². The standard InChI is InChI=1S/C14H12FNO3S/c1-9(17)11-8-10(15)6-7-13(11)20-14-5-3-2-4-12(14)16(18)19/h2-9,17H,1H3/t9-/m0/s1. The Hall–Kier alpha value is -1.92. The van der Waals surface area contributed by atoms with E-state index >= 15 is 0 Å². The van der Waals surface area contributed by atoms with Crippen molar-refractivity contribution in [1.29, 1.82) is 0 Å². The molecule has 2 rings (SSSR count). The summed E-state index contributed by atoms with van der Waals surface area (Å²) in [7, 11) is 0. The van der Waals surface area contributed by atoms with Gasteiger partial charge in [-0.3, -0.25) is 10.1 Å². The molecule has 0 heterocycles. The third-order valence-corrected chi connectivity index (χ3v) is 3.86. The van der Waals surface area contributed by atoms with E-state index in [9.17, 15) is 19.6 Å². The number of halogens is 1. The Morgan fingerprint density at radius 1 is 1.25 bits per heavy atom. The molecule has 0 bridgehead atoms. The van der Waals surface area contributed by atoms with Crippen LogP contribution in [0.4, 0.5) is 10.1 Å². The van der Waals surface area contributed by atoms with Gasteiger partial charge in [0.25, 0.3) is 5.69 Å². The number of benzene rings is 2. The minimum absolute atomic E-state index is 0.0154. The van der Waals surface area contributed by atoms with E-state index < -0.39 is 16.8 Å². The molecule has 0 fully saturated rings. The molecule has 0 unspecified atom stereocenters. The Labute approximate surface area is 119 Å². The zero-order chi connectivity index (χ0) is 14.7. The average Bonchev–Trinajstić information content (AvgIpc) is 2.41. The van der Waals surface area contributed by atoms with E-state index in [0.717, 1.165) is 11.8 Å². The molecule has 0 aliphatic rings. The number of nitro benzene ring substituents is 1. The van der Waals surface area contributed by atoms with Gasteiger partial charge in [-0.25, -0.2) is 4.39 Å². The Balaban J connectivity index is 2.43. The van der Waals surface area contributed by atoms with Crippen LogP contribution in [0.2, 0.25) is 0 Å². The van der Waals surface area contributed by atoms with Gasteiger partial charge in [-0.15, -0.1) is 0 Å². The summed E-state index contributed by atoms with van der Waals surface area (Å²) in [6.45, 7) is 1.53. The lowest BCUT2D eigenvalue weighted by atomic mass is 10.1. The van der Waals surface area contributed by atoms with Crippen LogP contribution in [0.5, 0.6) is 0 Å². The van der Waals surface area contributed by atoms with Crippen molar-refractivity contribution < 1.29 is 14.4 Å². The number of aliphatic hydroxyl groups excluding tert-OH is 1. The number of rotatable bonds is 4. The van der Waals surface area contributed by atoms with Gasteiger partial charge in [0.2, 0.25) is 0 Å². The summed E-state index contributed by atoms with van der Waals surface area (Å²) in [6, 6.07) is 10.3. The molecular formula is C14H12FNO3S. The summed E-state index contributed by atoms with van der Waals surface area (Å²) in [4.78, 5) is 11.5. The molecule has 0 amide bonds. The zero-order valence-electron chi connectivity index (χ0n) is 10.6. The van der Waals surface area contributed by atoms with Crippen molar-refractivity contribution in [3.63, 3.8) is 0 Å². The normalized spacial score (nSPS) is 12.2. The number of aliphatic hydroxyl groups is 1. The number of hydrogen-bond donors (Lipinski definition) is 1. The first kappa shape index (κ1) is 14.5. The van der Waals surface area contributed by atoms with Crippen LogP contribution in [0, 0.1) is 15.9 Å². The highest BCUT2D eigenvalue weighted by molar-refractivity contribution is 7.99. The van der Waals surface area contributed by atoms with Crippen LogP contribution in [0.3, 0.4) is 0 Å². The zero-order valence-corrected chi connectivity index (χ0v) is 11.4. The maximum absolute atomic E-state index is 13.2. The summed E-state index contributed by atoms with van der Waals surface area (Å²) in [5, 5.41) is 20.6. The van der Waals surface area contributed by atoms with E-state index in [0.29, 0.717) is 15.4 Å². The fourth-order valence-electron chi connectivity index (χ4n) is 1.75.